The van der Waals surface area contributed by atoms with Crippen LogP contribution in [0.3, 0.4) is 0 Å². The SMILES string of the molecule is Cc1nn(-c2ccccn2)c2c1C1Nc3c([nH][nH]c3=O)[NH2+]CC1CC2.[Cl-]. The Hall–Kier alpha value is -2.58. The monoisotopic (exact) mass is 373 g/mol. The average Bonchev–Trinajstić information content (AvgIpc) is 3.08. The molecule has 1 aliphatic carbocycles. The third-order valence-corrected chi connectivity index (χ3v) is 5.34. The summed E-state index contributed by atoms with van der Waals surface area (Å²) in [4.78, 5) is 16.6. The molecule has 1 aliphatic heterocycles. The molecule has 2 aliphatic rings. The van der Waals surface area contributed by atoms with Crippen molar-refractivity contribution in [3.8, 4) is 5.82 Å². The van der Waals surface area contributed by atoms with E-state index >= 15 is 0 Å². The lowest BCUT2D eigenvalue weighted by Gasteiger charge is -2.30. The van der Waals surface area contributed by atoms with Crippen LogP contribution in [0, 0.1) is 12.8 Å². The zero-order chi connectivity index (χ0) is 17.0. The third-order valence-electron chi connectivity index (χ3n) is 5.34. The van der Waals surface area contributed by atoms with E-state index in [9.17, 15) is 4.79 Å². The van der Waals surface area contributed by atoms with Gasteiger partial charge < -0.3 is 17.7 Å². The summed E-state index contributed by atoms with van der Waals surface area (Å²) in [5.74, 6) is 2.15. The molecule has 0 saturated carbocycles. The van der Waals surface area contributed by atoms with Crippen LogP contribution in [0.2, 0.25) is 0 Å². The van der Waals surface area contributed by atoms with Crippen LogP contribution in [0.25, 0.3) is 5.82 Å². The van der Waals surface area contributed by atoms with Crippen LogP contribution < -0.4 is 28.6 Å². The number of quaternary nitrogens is 1. The van der Waals surface area contributed by atoms with E-state index in [0.29, 0.717) is 11.6 Å². The van der Waals surface area contributed by atoms with Gasteiger partial charge in [-0.25, -0.2) is 9.67 Å². The number of rotatable bonds is 1. The predicted molar refractivity (Wildman–Crippen MR) is 92.1 cm³/mol. The highest BCUT2D eigenvalue weighted by Crippen LogP contribution is 2.39. The van der Waals surface area contributed by atoms with Gasteiger partial charge in [0.1, 0.15) is 0 Å². The fraction of sp³-hybridized carbons (Fsp3) is 0.353. The maximum Gasteiger partial charge on any atom is 0.293 e. The van der Waals surface area contributed by atoms with Crippen LogP contribution in [0.1, 0.15) is 29.4 Å². The second-order valence-corrected chi connectivity index (χ2v) is 6.77. The molecule has 3 aromatic heterocycles. The number of aromatic nitrogens is 5. The number of aryl methyl sites for hydroxylation is 1. The Labute approximate surface area is 155 Å². The summed E-state index contributed by atoms with van der Waals surface area (Å²) in [6.07, 6.45) is 3.81. The number of anilines is 1. The van der Waals surface area contributed by atoms with Crippen molar-refractivity contribution in [2.75, 3.05) is 11.9 Å². The fourth-order valence-corrected chi connectivity index (χ4v) is 4.16. The van der Waals surface area contributed by atoms with E-state index in [-0.39, 0.29) is 24.0 Å². The second kappa shape index (κ2) is 6.30. The molecular weight excluding hydrogens is 354 g/mol. The van der Waals surface area contributed by atoms with Crippen molar-refractivity contribution >= 4 is 11.5 Å². The van der Waals surface area contributed by atoms with Crippen molar-refractivity contribution in [3.05, 3.63) is 51.7 Å². The average molecular weight is 374 g/mol. The highest BCUT2D eigenvalue weighted by atomic mass is 35.5. The van der Waals surface area contributed by atoms with Gasteiger partial charge in [0.25, 0.3) is 5.56 Å². The summed E-state index contributed by atoms with van der Waals surface area (Å²) in [5, 5.41) is 16.0. The molecule has 2 atom stereocenters. The molecule has 0 amide bonds. The number of nitrogens with one attached hydrogen (secondary N) is 3. The Morgan fingerprint density at radius 1 is 1.31 bits per heavy atom. The molecule has 5 N–H and O–H groups in total. The van der Waals surface area contributed by atoms with Gasteiger partial charge in [0.15, 0.2) is 11.5 Å². The molecule has 0 fully saturated rings. The first-order valence-corrected chi connectivity index (χ1v) is 8.62. The molecule has 2 unspecified atom stereocenters. The van der Waals surface area contributed by atoms with Gasteiger partial charge in [0, 0.05) is 17.7 Å². The third kappa shape index (κ3) is 2.45. The molecule has 0 spiro atoms. The van der Waals surface area contributed by atoms with E-state index in [0.717, 1.165) is 36.7 Å². The van der Waals surface area contributed by atoms with Gasteiger partial charge in [-0.15, -0.1) is 0 Å². The van der Waals surface area contributed by atoms with E-state index < -0.39 is 0 Å². The molecular formula is C17H20ClN7O. The summed E-state index contributed by atoms with van der Waals surface area (Å²) in [6, 6.07) is 5.95. The van der Waals surface area contributed by atoms with Crippen LogP contribution in [0.5, 0.6) is 0 Å². The summed E-state index contributed by atoms with van der Waals surface area (Å²) in [6.45, 7) is 2.98. The fourth-order valence-electron chi connectivity index (χ4n) is 4.16. The largest absolute Gasteiger partial charge is 1.00 e. The minimum Gasteiger partial charge on any atom is -1.00 e. The van der Waals surface area contributed by atoms with Crippen molar-refractivity contribution < 1.29 is 17.7 Å². The zero-order valence-electron chi connectivity index (χ0n) is 14.3. The summed E-state index contributed by atoms with van der Waals surface area (Å²) >= 11 is 0. The predicted octanol–water partition coefficient (Wildman–Crippen LogP) is -2.48. The number of fused-ring (bicyclic) bond motifs is 4. The molecule has 9 heteroatoms. The maximum atomic E-state index is 12.1. The summed E-state index contributed by atoms with van der Waals surface area (Å²) in [5.41, 5.74) is 3.93. The minimum atomic E-state index is -0.103. The second-order valence-electron chi connectivity index (χ2n) is 6.77. The molecule has 5 rings (SSSR count). The number of nitrogens with zero attached hydrogens (tertiary/aromatic N) is 3. The normalized spacial score (nSPS) is 20.8. The van der Waals surface area contributed by atoms with E-state index in [4.69, 9.17) is 5.10 Å². The van der Waals surface area contributed by atoms with Gasteiger partial charge in [-0.05, 0) is 31.9 Å². The van der Waals surface area contributed by atoms with Crippen molar-refractivity contribution in [3.63, 3.8) is 0 Å². The number of halogens is 1. The van der Waals surface area contributed by atoms with E-state index in [1.165, 1.54) is 11.3 Å². The molecule has 0 radical (unpaired) electrons. The first kappa shape index (κ1) is 16.9. The van der Waals surface area contributed by atoms with Crippen molar-refractivity contribution in [2.45, 2.75) is 25.8 Å². The lowest BCUT2D eigenvalue weighted by molar-refractivity contribution is -0.580. The number of aromatic amines is 2. The molecule has 26 heavy (non-hydrogen) atoms. The van der Waals surface area contributed by atoms with Gasteiger partial charge in [0.2, 0.25) is 5.82 Å². The van der Waals surface area contributed by atoms with Gasteiger partial charge in [-0.3, -0.25) is 20.3 Å². The van der Waals surface area contributed by atoms with Gasteiger partial charge in [-0.2, -0.15) is 5.10 Å². The molecule has 0 saturated heterocycles. The molecule has 0 aromatic carbocycles. The topological polar surface area (TPSA) is 108 Å². The van der Waals surface area contributed by atoms with Crippen molar-refractivity contribution in [1.29, 1.82) is 0 Å². The van der Waals surface area contributed by atoms with Crippen LogP contribution in [0.4, 0.5) is 11.5 Å². The van der Waals surface area contributed by atoms with Crippen LogP contribution in [-0.2, 0) is 6.42 Å². The van der Waals surface area contributed by atoms with Gasteiger partial charge >= 0.3 is 0 Å². The van der Waals surface area contributed by atoms with Crippen LogP contribution in [0.15, 0.2) is 29.2 Å². The van der Waals surface area contributed by atoms with E-state index in [1.807, 2.05) is 29.8 Å². The number of hydrogen-bond acceptors (Lipinski definition) is 4. The molecule has 8 nitrogen and oxygen atoms in total. The minimum absolute atomic E-state index is 0. The smallest absolute Gasteiger partial charge is 0.293 e. The van der Waals surface area contributed by atoms with Crippen LogP contribution in [-0.4, -0.2) is 31.5 Å². The summed E-state index contributed by atoms with van der Waals surface area (Å²) in [7, 11) is 0. The van der Waals surface area contributed by atoms with Crippen molar-refractivity contribution in [2.24, 2.45) is 5.92 Å². The van der Waals surface area contributed by atoms with Gasteiger partial charge in [0.05, 0.1) is 24.0 Å². The maximum absolute atomic E-state index is 12.1. The Morgan fingerprint density at radius 3 is 3.00 bits per heavy atom. The number of pyridine rings is 1. The Morgan fingerprint density at radius 2 is 2.19 bits per heavy atom. The lowest BCUT2D eigenvalue weighted by atomic mass is 9.81. The van der Waals surface area contributed by atoms with E-state index in [2.05, 4.69) is 25.8 Å². The quantitative estimate of drug-likeness (QED) is 0.379. The zero-order valence-corrected chi connectivity index (χ0v) is 15.0. The Bertz CT molecular complexity index is 990. The lowest BCUT2D eigenvalue weighted by Crippen LogP contribution is -3.00. The standard InChI is InChI=1S/C17H19N7O.ClH/c1-9-13-11(24(23-9)12-4-2-3-7-18-12)6-5-10-8-19-16-15(20-14(10)13)17(25)22-21-16;/h2-4,7,10,14,20H,5-6,8H2,1H3,(H3,19,21,22,25);1H. The highest BCUT2D eigenvalue weighted by Gasteiger charge is 2.39. The summed E-state index contributed by atoms with van der Waals surface area (Å²) < 4.78 is 1.96. The highest BCUT2D eigenvalue weighted by molar-refractivity contribution is 5.58. The van der Waals surface area contributed by atoms with Crippen molar-refractivity contribution in [1.82, 2.24) is 25.0 Å². The molecule has 3 aromatic rings. The Kier molecular flexibility index (Phi) is 4.08. The first-order valence-electron chi connectivity index (χ1n) is 8.62. The number of H-pyrrole nitrogens is 2. The Balaban J connectivity index is 0.00000168. The molecule has 0 bridgehead atoms. The molecule has 136 valence electrons. The number of hydrogen-bond donors (Lipinski definition) is 4. The van der Waals surface area contributed by atoms with Gasteiger partial charge in [-0.1, -0.05) is 6.07 Å². The van der Waals surface area contributed by atoms with Crippen LogP contribution >= 0.6 is 0 Å². The molecule has 4 heterocycles. The first-order chi connectivity index (χ1) is 12.2. The number of nitrogens with two attached hydrogens (primary N) is 1. The van der Waals surface area contributed by atoms with E-state index in [1.54, 1.807) is 6.20 Å².